The van der Waals surface area contributed by atoms with Crippen molar-refractivity contribution in [1.82, 2.24) is 0 Å². The molecule has 0 aliphatic heterocycles. The monoisotopic (exact) mass is 248 g/mol. The smallest absolute Gasteiger partial charge is 0.134 e. The maximum absolute atomic E-state index is 5.48. The number of benzene rings is 2. The Morgan fingerprint density at radius 1 is 1.05 bits per heavy atom. The minimum Gasteiger partial charge on any atom is -0.464 e. The third-order valence-electron chi connectivity index (χ3n) is 3.51. The van der Waals surface area contributed by atoms with E-state index < -0.39 is 0 Å². The van der Waals surface area contributed by atoms with Crippen LogP contribution < -0.4 is 0 Å². The predicted octanol–water partition coefficient (Wildman–Crippen LogP) is 5.11. The number of fused-ring (bicyclic) bond motifs is 1. The van der Waals surface area contributed by atoms with Crippen LogP contribution in [0.1, 0.15) is 22.3 Å². The first-order valence-corrected chi connectivity index (χ1v) is 6.40. The lowest BCUT2D eigenvalue weighted by Gasteiger charge is -2.11. The van der Waals surface area contributed by atoms with E-state index in [4.69, 9.17) is 4.42 Å². The van der Waals surface area contributed by atoms with E-state index in [1.54, 1.807) is 6.26 Å². The molecule has 0 radical (unpaired) electrons. The van der Waals surface area contributed by atoms with E-state index in [-0.39, 0.29) is 0 Å². The van der Waals surface area contributed by atoms with Crippen molar-refractivity contribution in [3.8, 4) is 0 Å². The van der Waals surface area contributed by atoms with Gasteiger partial charge in [0, 0.05) is 5.39 Å². The first kappa shape index (κ1) is 11.8. The fourth-order valence-corrected chi connectivity index (χ4v) is 2.53. The minimum atomic E-state index is 0.911. The van der Waals surface area contributed by atoms with Crippen LogP contribution in [0.4, 0.5) is 0 Å². The summed E-state index contributed by atoms with van der Waals surface area (Å²) < 4.78 is 5.48. The van der Waals surface area contributed by atoms with Crippen LogP contribution in [0.25, 0.3) is 16.5 Å². The molecule has 3 aromatic rings. The van der Waals surface area contributed by atoms with E-state index in [9.17, 15) is 0 Å². The quantitative estimate of drug-likeness (QED) is 0.614. The van der Waals surface area contributed by atoms with Gasteiger partial charge in [0.2, 0.25) is 0 Å². The Labute approximate surface area is 113 Å². The van der Waals surface area contributed by atoms with Gasteiger partial charge in [-0.05, 0) is 48.2 Å². The largest absolute Gasteiger partial charge is 0.464 e. The Hall–Kier alpha value is -2.28. The SMILES string of the molecule is C=C(c1cccc(C)c1)c1c(C)ccc2occc12. The maximum Gasteiger partial charge on any atom is 0.134 e. The molecule has 94 valence electrons. The summed E-state index contributed by atoms with van der Waals surface area (Å²) in [5.74, 6) is 0. The molecule has 0 bridgehead atoms. The fourth-order valence-electron chi connectivity index (χ4n) is 2.53. The number of aryl methyl sites for hydroxylation is 2. The molecular formula is C18H16O. The molecule has 0 saturated heterocycles. The molecule has 19 heavy (non-hydrogen) atoms. The third-order valence-corrected chi connectivity index (χ3v) is 3.51. The van der Waals surface area contributed by atoms with E-state index in [1.165, 1.54) is 16.7 Å². The predicted molar refractivity (Wildman–Crippen MR) is 80.3 cm³/mol. The molecule has 2 aromatic carbocycles. The van der Waals surface area contributed by atoms with Gasteiger partial charge in [-0.15, -0.1) is 0 Å². The standard InChI is InChI=1S/C18H16O/c1-12-5-4-6-15(11-12)14(3)18-13(2)7-8-17-16(18)9-10-19-17/h4-11H,3H2,1-2H3. The Balaban J connectivity index is 2.21. The minimum absolute atomic E-state index is 0.911. The first-order valence-electron chi connectivity index (χ1n) is 6.40. The van der Waals surface area contributed by atoms with Crippen LogP contribution in [0.5, 0.6) is 0 Å². The highest BCUT2D eigenvalue weighted by Crippen LogP contribution is 2.32. The van der Waals surface area contributed by atoms with Crippen LogP contribution in [-0.2, 0) is 0 Å². The molecule has 0 fully saturated rings. The highest BCUT2D eigenvalue weighted by atomic mass is 16.3. The number of rotatable bonds is 2. The first-order chi connectivity index (χ1) is 9.16. The second kappa shape index (κ2) is 4.43. The Kier molecular flexibility index (Phi) is 2.75. The average Bonchev–Trinajstić information content (AvgIpc) is 2.86. The molecule has 0 spiro atoms. The zero-order chi connectivity index (χ0) is 13.4. The summed E-state index contributed by atoms with van der Waals surface area (Å²) in [6.07, 6.45) is 1.73. The summed E-state index contributed by atoms with van der Waals surface area (Å²) in [4.78, 5) is 0. The topological polar surface area (TPSA) is 13.1 Å². The summed E-state index contributed by atoms with van der Waals surface area (Å²) in [7, 11) is 0. The van der Waals surface area contributed by atoms with Crippen molar-refractivity contribution in [2.24, 2.45) is 0 Å². The van der Waals surface area contributed by atoms with Crippen molar-refractivity contribution in [3.05, 3.63) is 77.6 Å². The van der Waals surface area contributed by atoms with Crippen molar-refractivity contribution < 1.29 is 4.42 Å². The summed E-state index contributed by atoms with van der Waals surface area (Å²) in [5.41, 5.74) is 6.77. The van der Waals surface area contributed by atoms with Gasteiger partial charge in [-0.2, -0.15) is 0 Å². The van der Waals surface area contributed by atoms with Crippen molar-refractivity contribution in [3.63, 3.8) is 0 Å². The van der Waals surface area contributed by atoms with E-state index >= 15 is 0 Å². The third kappa shape index (κ3) is 1.97. The van der Waals surface area contributed by atoms with E-state index in [0.717, 1.165) is 22.1 Å². The molecule has 0 amide bonds. The second-order valence-corrected chi connectivity index (χ2v) is 4.94. The summed E-state index contributed by atoms with van der Waals surface area (Å²) in [5, 5.41) is 1.13. The van der Waals surface area contributed by atoms with Crippen LogP contribution in [0.15, 0.2) is 59.7 Å². The lowest BCUT2D eigenvalue weighted by molar-refractivity contribution is 0.616. The van der Waals surface area contributed by atoms with Gasteiger partial charge in [-0.25, -0.2) is 0 Å². The number of hydrogen-bond donors (Lipinski definition) is 0. The van der Waals surface area contributed by atoms with Gasteiger partial charge in [0.05, 0.1) is 6.26 Å². The number of furan rings is 1. The summed E-state index contributed by atoms with van der Waals surface area (Å²) in [6.45, 7) is 8.50. The van der Waals surface area contributed by atoms with Crippen LogP contribution in [0.3, 0.4) is 0 Å². The molecular weight excluding hydrogens is 232 g/mol. The van der Waals surface area contributed by atoms with Gasteiger partial charge >= 0.3 is 0 Å². The van der Waals surface area contributed by atoms with Gasteiger partial charge < -0.3 is 4.42 Å². The molecule has 1 aromatic heterocycles. The molecule has 3 rings (SSSR count). The van der Waals surface area contributed by atoms with Gasteiger partial charge in [-0.1, -0.05) is 42.5 Å². The molecule has 1 heteroatoms. The van der Waals surface area contributed by atoms with E-state index in [2.05, 4.69) is 50.8 Å². The fraction of sp³-hybridized carbons (Fsp3) is 0.111. The molecule has 0 atom stereocenters. The Bertz CT molecular complexity index is 762. The highest BCUT2D eigenvalue weighted by Gasteiger charge is 2.11. The van der Waals surface area contributed by atoms with Gasteiger partial charge in [0.15, 0.2) is 0 Å². The molecule has 1 nitrogen and oxygen atoms in total. The molecule has 0 unspecified atom stereocenters. The maximum atomic E-state index is 5.48. The van der Waals surface area contributed by atoms with Gasteiger partial charge in [0.1, 0.15) is 5.58 Å². The molecule has 1 heterocycles. The van der Waals surface area contributed by atoms with Crippen molar-refractivity contribution in [2.75, 3.05) is 0 Å². The van der Waals surface area contributed by atoms with Gasteiger partial charge in [-0.3, -0.25) is 0 Å². The zero-order valence-corrected chi connectivity index (χ0v) is 11.2. The van der Waals surface area contributed by atoms with Crippen molar-refractivity contribution >= 4 is 16.5 Å². The Morgan fingerprint density at radius 3 is 2.68 bits per heavy atom. The molecule has 0 aliphatic rings. The van der Waals surface area contributed by atoms with Crippen molar-refractivity contribution in [1.29, 1.82) is 0 Å². The van der Waals surface area contributed by atoms with Crippen molar-refractivity contribution in [2.45, 2.75) is 13.8 Å². The normalized spacial score (nSPS) is 10.8. The van der Waals surface area contributed by atoms with Crippen LogP contribution in [0.2, 0.25) is 0 Å². The van der Waals surface area contributed by atoms with Crippen LogP contribution in [0, 0.1) is 13.8 Å². The summed E-state index contributed by atoms with van der Waals surface area (Å²) >= 11 is 0. The van der Waals surface area contributed by atoms with Crippen LogP contribution >= 0.6 is 0 Å². The molecule has 0 saturated carbocycles. The highest BCUT2D eigenvalue weighted by molar-refractivity contribution is 5.96. The average molecular weight is 248 g/mol. The number of hydrogen-bond acceptors (Lipinski definition) is 1. The van der Waals surface area contributed by atoms with E-state index in [1.807, 2.05) is 12.1 Å². The summed E-state index contributed by atoms with van der Waals surface area (Å²) in [6, 6.07) is 14.6. The van der Waals surface area contributed by atoms with Gasteiger partial charge in [0.25, 0.3) is 0 Å². The molecule has 0 aliphatic carbocycles. The lowest BCUT2D eigenvalue weighted by atomic mass is 9.92. The Morgan fingerprint density at radius 2 is 1.89 bits per heavy atom. The molecule has 0 N–H and O–H groups in total. The van der Waals surface area contributed by atoms with Crippen LogP contribution in [-0.4, -0.2) is 0 Å². The second-order valence-electron chi connectivity index (χ2n) is 4.94. The van der Waals surface area contributed by atoms with E-state index in [0.29, 0.717) is 0 Å². The zero-order valence-electron chi connectivity index (χ0n) is 11.2. The lowest BCUT2D eigenvalue weighted by Crippen LogP contribution is -1.91.